The molecule has 4 heterocycles. The van der Waals surface area contributed by atoms with Gasteiger partial charge in [0.25, 0.3) is 11.5 Å². The Morgan fingerprint density at radius 1 is 1.15 bits per heavy atom. The maximum absolute atomic E-state index is 14.3. The minimum absolute atomic E-state index is 0.0351. The topological polar surface area (TPSA) is 77.4 Å². The van der Waals surface area contributed by atoms with Crippen molar-refractivity contribution in [2.24, 2.45) is 13.0 Å². The maximum Gasteiger partial charge on any atom is 0.261 e. The lowest BCUT2D eigenvalue weighted by Crippen LogP contribution is -2.46. The van der Waals surface area contributed by atoms with Crippen molar-refractivity contribution in [3.8, 4) is 5.69 Å². The molecule has 1 amide bonds. The van der Waals surface area contributed by atoms with E-state index in [-0.39, 0.29) is 17.5 Å². The summed E-state index contributed by atoms with van der Waals surface area (Å²) in [5, 5.41) is 4.82. The first kappa shape index (κ1) is 24.3. The number of imidazole rings is 1. The third kappa shape index (κ3) is 3.93. The molecule has 2 aliphatic rings. The molecule has 3 aromatic heterocycles. The van der Waals surface area contributed by atoms with Gasteiger partial charge in [0.1, 0.15) is 5.65 Å². The van der Waals surface area contributed by atoms with Crippen molar-refractivity contribution in [3.63, 3.8) is 0 Å². The van der Waals surface area contributed by atoms with Crippen LogP contribution in [0, 0.1) is 12.8 Å². The number of fused-ring (bicyclic) bond motifs is 4. The second-order valence-electron chi connectivity index (χ2n) is 11.1. The first-order valence-corrected chi connectivity index (χ1v) is 14.2. The molecule has 1 fully saturated rings. The average Bonchev–Trinajstić information content (AvgIpc) is 3.54. The van der Waals surface area contributed by atoms with Crippen LogP contribution in [0.4, 0.5) is 0 Å². The highest BCUT2D eigenvalue weighted by Gasteiger charge is 2.34. The standard InChI is InChI=1S/C30H29BrN6O2/c1-17-10-20(6-8-24(17)31)29(38)35-15-27-23(11-18(35)2)30(39)36(22-7-9-26-25(13-22)32-16-34(26)3)28-21(12-19-4-5-19)14-33-37(27)28/h6-10,13-14,16,18-19H,4-5,11-12,15H2,1-3H3. The lowest BCUT2D eigenvalue weighted by Gasteiger charge is -2.35. The quantitative estimate of drug-likeness (QED) is 0.298. The van der Waals surface area contributed by atoms with Crippen molar-refractivity contribution in [3.05, 3.63) is 91.7 Å². The van der Waals surface area contributed by atoms with Gasteiger partial charge >= 0.3 is 0 Å². The summed E-state index contributed by atoms with van der Waals surface area (Å²) in [4.78, 5) is 34.4. The second-order valence-corrected chi connectivity index (χ2v) is 12.0. The van der Waals surface area contributed by atoms with Gasteiger partial charge in [-0.2, -0.15) is 5.10 Å². The highest BCUT2D eigenvalue weighted by Crippen LogP contribution is 2.35. The molecule has 1 unspecified atom stereocenters. The van der Waals surface area contributed by atoms with Crippen molar-refractivity contribution in [1.29, 1.82) is 0 Å². The van der Waals surface area contributed by atoms with Crippen molar-refractivity contribution in [1.82, 2.24) is 28.6 Å². The number of hydrogen-bond donors (Lipinski definition) is 0. The van der Waals surface area contributed by atoms with Crippen LogP contribution in [0.25, 0.3) is 22.4 Å². The Morgan fingerprint density at radius 2 is 1.97 bits per heavy atom. The number of carbonyl (C=O) groups excluding carboxylic acids is 1. The molecule has 5 aromatic rings. The molecule has 0 radical (unpaired) electrons. The van der Waals surface area contributed by atoms with Crippen molar-refractivity contribution in [2.75, 3.05) is 0 Å². The first-order valence-electron chi connectivity index (χ1n) is 13.4. The second kappa shape index (κ2) is 8.91. The van der Waals surface area contributed by atoms with Crippen LogP contribution >= 0.6 is 15.9 Å². The van der Waals surface area contributed by atoms with Crippen LogP contribution in [0.15, 0.2) is 58.2 Å². The zero-order chi connectivity index (χ0) is 27.0. The molecule has 7 rings (SSSR count). The molecule has 0 N–H and O–H groups in total. The Morgan fingerprint density at radius 3 is 2.74 bits per heavy atom. The summed E-state index contributed by atoms with van der Waals surface area (Å²) in [6.07, 6.45) is 7.47. The number of amides is 1. The van der Waals surface area contributed by atoms with E-state index in [4.69, 9.17) is 5.10 Å². The first-order chi connectivity index (χ1) is 18.8. The summed E-state index contributed by atoms with van der Waals surface area (Å²) in [6, 6.07) is 11.5. The van der Waals surface area contributed by atoms with Crippen LogP contribution in [0.5, 0.6) is 0 Å². The zero-order valence-electron chi connectivity index (χ0n) is 22.2. The molecule has 1 saturated carbocycles. The van der Waals surface area contributed by atoms with Gasteiger partial charge < -0.3 is 9.47 Å². The number of carbonyl (C=O) groups is 1. The number of halogens is 1. The van der Waals surface area contributed by atoms with Crippen LogP contribution in [0.1, 0.15) is 52.5 Å². The highest BCUT2D eigenvalue weighted by molar-refractivity contribution is 9.10. The number of hydrogen-bond acceptors (Lipinski definition) is 4. The highest BCUT2D eigenvalue weighted by atomic mass is 79.9. The normalized spacial score (nSPS) is 17.2. The van der Waals surface area contributed by atoms with Gasteiger partial charge in [-0.1, -0.05) is 15.9 Å². The third-order valence-electron chi connectivity index (χ3n) is 8.28. The third-order valence-corrected chi connectivity index (χ3v) is 9.17. The molecule has 0 bridgehead atoms. The zero-order valence-corrected chi connectivity index (χ0v) is 23.8. The van der Waals surface area contributed by atoms with Gasteiger partial charge in [0.05, 0.1) is 41.5 Å². The fraction of sp³-hybridized carbons (Fsp3) is 0.333. The van der Waals surface area contributed by atoms with E-state index in [9.17, 15) is 9.59 Å². The Kier molecular flexibility index (Phi) is 5.56. The van der Waals surface area contributed by atoms with Crippen LogP contribution in [-0.2, 0) is 26.4 Å². The van der Waals surface area contributed by atoms with E-state index in [1.54, 1.807) is 6.33 Å². The summed E-state index contributed by atoms with van der Waals surface area (Å²) in [5.41, 5.74) is 7.64. The fourth-order valence-corrected chi connectivity index (χ4v) is 6.13. The molecule has 1 aliphatic heterocycles. The van der Waals surface area contributed by atoms with E-state index in [0.29, 0.717) is 30.0 Å². The van der Waals surface area contributed by atoms with Gasteiger partial charge in [0.15, 0.2) is 0 Å². The monoisotopic (exact) mass is 584 g/mol. The van der Waals surface area contributed by atoms with E-state index >= 15 is 0 Å². The minimum atomic E-state index is -0.132. The molecule has 2 aromatic carbocycles. The van der Waals surface area contributed by atoms with E-state index in [1.165, 1.54) is 12.8 Å². The number of nitrogens with zero attached hydrogens (tertiary/aromatic N) is 6. The van der Waals surface area contributed by atoms with Crippen LogP contribution in [-0.4, -0.2) is 40.6 Å². The van der Waals surface area contributed by atoms with Gasteiger partial charge in [0.2, 0.25) is 0 Å². The Bertz CT molecular complexity index is 1860. The Balaban J connectivity index is 1.39. The van der Waals surface area contributed by atoms with E-state index in [0.717, 1.165) is 50.1 Å². The number of aryl methyl sites for hydroxylation is 2. The molecule has 0 saturated heterocycles. The summed E-state index contributed by atoms with van der Waals surface area (Å²) in [7, 11) is 1.97. The average molecular weight is 586 g/mol. The number of benzene rings is 2. The van der Waals surface area contributed by atoms with Crippen LogP contribution < -0.4 is 5.56 Å². The number of rotatable bonds is 4. The van der Waals surface area contributed by atoms with E-state index < -0.39 is 0 Å². The van der Waals surface area contributed by atoms with Crippen LogP contribution in [0.3, 0.4) is 0 Å². The maximum atomic E-state index is 14.3. The molecule has 1 atom stereocenters. The van der Waals surface area contributed by atoms with Gasteiger partial charge in [-0.3, -0.25) is 14.2 Å². The molecule has 198 valence electrons. The summed E-state index contributed by atoms with van der Waals surface area (Å²) >= 11 is 3.53. The molecule has 39 heavy (non-hydrogen) atoms. The predicted molar refractivity (Wildman–Crippen MR) is 153 cm³/mol. The van der Waals surface area contributed by atoms with Crippen molar-refractivity contribution < 1.29 is 4.79 Å². The predicted octanol–water partition coefficient (Wildman–Crippen LogP) is 4.98. The van der Waals surface area contributed by atoms with Crippen molar-refractivity contribution >= 4 is 38.5 Å². The molecular formula is C30H29BrN6O2. The lowest BCUT2D eigenvalue weighted by molar-refractivity contribution is 0.0651. The Hall–Kier alpha value is -3.72. The summed E-state index contributed by atoms with van der Waals surface area (Å²) < 4.78 is 6.68. The smallest absolute Gasteiger partial charge is 0.261 e. The molecule has 9 heteroatoms. The molecule has 8 nitrogen and oxygen atoms in total. The molecule has 0 spiro atoms. The van der Waals surface area contributed by atoms with Gasteiger partial charge in [0, 0.05) is 34.3 Å². The number of aromatic nitrogens is 5. The van der Waals surface area contributed by atoms with Gasteiger partial charge in [-0.15, -0.1) is 0 Å². The lowest BCUT2D eigenvalue weighted by atomic mass is 9.98. The summed E-state index contributed by atoms with van der Waals surface area (Å²) in [6.45, 7) is 4.33. The Labute approximate surface area is 234 Å². The molecule has 1 aliphatic carbocycles. The van der Waals surface area contributed by atoms with Gasteiger partial charge in [-0.05, 0) is 87.4 Å². The SMILES string of the molecule is Cc1cc(C(=O)N2Cc3c(c(=O)n(-c4ccc5c(c4)ncn5C)c4c(CC5CC5)cnn34)CC2C)ccc1Br. The van der Waals surface area contributed by atoms with Gasteiger partial charge in [-0.25, -0.2) is 9.50 Å². The summed E-state index contributed by atoms with van der Waals surface area (Å²) in [5.74, 6) is 0.599. The largest absolute Gasteiger partial charge is 0.334 e. The van der Waals surface area contributed by atoms with Crippen LogP contribution in [0.2, 0.25) is 0 Å². The molecular weight excluding hydrogens is 556 g/mol. The van der Waals surface area contributed by atoms with E-state index in [2.05, 4.69) is 20.9 Å². The van der Waals surface area contributed by atoms with Crippen molar-refractivity contribution in [2.45, 2.75) is 52.1 Å². The van der Waals surface area contributed by atoms with E-state index in [1.807, 2.05) is 82.0 Å². The minimum Gasteiger partial charge on any atom is -0.334 e. The fourth-order valence-electron chi connectivity index (χ4n) is 5.88.